The number of aromatic nitrogens is 1. The van der Waals surface area contributed by atoms with E-state index in [1.165, 1.54) is 5.56 Å². The van der Waals surface area contributed by atoms with Gasteiger partial charge < -0.3 is 10.2 Å². The van der Waals surface area contributed by atoms with Crippen LogP contribution in [0.3, 0.4) is 0 Å². The molecule has 3 nitrogen and oxygen atoms in total. The van der Waals surface area contributed by atoms with Gasteiger partial charge in [0.1, 0.15) is 5.82 Å². The Morgan fingerprint density at radius 2 is 2.24 bits per heavy atom. The predicted octanol–water partition coefficient (Wildman–Crippen LogP) is 4.70. The molecule has 0 aliphatic carbocycles. The van der Waals surface area contributed by atoms with Crippen LogP contribution in [-0.4, -0.2) is 18.6 Å². The highest BCUT2D eigenvalue weighted by molar-refractivity contribution is 9.11. The van der Waals surface area contributed by atoms with Gasteiger partial charge in [0, 0.05) is 26.3 Å². The molecule has 0 aliphatic heterocycles. The second kappa shape index (κ2) is 8.13. The number of nitrogens with zero attached hydrogens (tertiary/aromatic N) is 2. The third kappa shape index (κ3) is 4.95. The van der Waals surface area contributed by atoms with E-state index < -0.39 is 0 Å². The van der Waals surface area contributed by atoms with Crippen molar-refractivity contribution in [2.24, 2.45) is 0 Å². The summed E-state index contributed by atoms with van der Waals surface area (Å²) in [7, 11) is 2.05. The normalized spacial score (nSPS) is 10.9. The van der Waals surface area contributed by atoms with E-state index in [-0.39, 0.29) is 0 Å². The van der Waals surface area contributed by atoms with Crippen LogP contribution in [0, 0.1) is 0 Å². The molecule has 6 heteroatoms. The lowest BCUT2D eigenvalue weighted by Crippen LogP contribution is -2.19. The highest BCUT2D eigenvalue weighted by Gasteiger charge is 2.08. The van der Waals surface area contributed by atoms with Crippen LogP contribution in [0.25, 0.3) is 0 Å². The first-order valence-corrected chi connectivity index (χ1v) is 8.94. The summed E-state index contributed by atoms with van der Waals surface area (Å²) in [5.41, 5.74) is 2.37. The molecule has 0 aliphatic rings. The van der Waals surface area contributed by atoms with E-state index in [0.717, 1.165) is 41.2 Å². The Bertz CT molecular complexity index is 588. The summed E-state index contributed by atoms with van der Waals surface area (Å²) in [6.45, 7) is 4.75. The third-order valence-corrected chi connectivity index (χ3v) is 4.99. The van der Waals surface area contributed by atoms with Gasteiger partial charge in [-0.05, 0) is 57.5 Å². The van der Waals surface area contributed by atoms with Crippen LogP contribution in [0.1, 0.15) is 24.5 Å². The fourth-order valence-corrected chi connectivity index (χ4v) is 3.37. The zero-order valence-electron chi connectivity index (χ0n) is 12.2. The largest absolute Gasteiger partial charge is 0.355 e. The van der Waals surface area contributed by atoms with Crippen molar-refractivity contribution in [2.75, 3.05) is 18.5 Å². The van der Waals surface area contributed by atoms with E-state index in [4.69, 9.17) is 11.6 Å². The van der Waals surface area contributed by atoms with Crippen LogP contribution < -0.4 is 10.2 Å². The average molecular weight is 389 g/mol. The summed E-state index contributed by atoms with van der Waals surface area (Å²) >= 11 is 11.4. The monoisotopic (exact) mass is 387 g/mol. The Balaban J connectivity index is 2.06. The Hall–Kier alpha value is -0.620. The van der Waals surface area contributed by atoms with Crippen LogP contribution in [0.15, 0.2) is 27.5 Å². The SMILES string of the molecule is CCCNCc1cc(N(C)Cc2csc(Br)c2)ncc1Cl. The Labute approximate surface area is 143 Å². The minimum atomic E-state index is 0.717. The Morgan fingerprint density at radius 3 is 2.90 bits per heavy atom. The Kier molecular flexibility index (Phi) is 6.48. The third-order valence-electron chi connectivity index (χ3n) is 3.10. The van der Waals surface area contributed by atoms with E-state index in [9.17, 15) is 0 Å². The van der Waals surface area contributed by atoms with Gasteiger partial charge in [-0.1, -0.05) is 18.5 Å². The lowest BCUT2D eigenvalue weighted by Gasteiger charge is -2.19. The predicted molar refractivity (Wildman–Crippen MR) is 95.4 cm³/mol. The standard InChI is InChI=1S/C15H19BrClN3S/c1-3-4-18-7-12-6-15(19-8-13(12)17)20(2)9-11-5-14(16)21-10-11/h5-6,8,10,18H,3-4,7,9H2,1-2H3. The quantitative estimate of drug-likeness (QED) is 0.697. The van der Waals surface area contributed by atoms with Gasteiger partial charge in [-0.2, -0.15) is 0 Å². The average Bonchev–Trinajstić information content (AvgIpc) is 2.86. The van der Waals surface area contributed by atoms with Crippen LogP contribution in [-0.2, 0) is 13.1 Å². The molecule has 0 saturated carbocycles. The topological polar surface area (TPSA) is 28.2 Å². The van der Waals surface area contributed by atoms with Crippen molar-refractivity contribution in [3.05, 3.63) is 43.6 Å². The van der Waals surface area contributed by atoms with E-state index in [1.54, 1.807) is 17.5 Å². The van der Waals surface area contributed by atoms with E-state index in [1.807, 2.05) is 7.05 Å². The summed E-state index contributed by atoms with van der Waals surface area (Å²) in [6, 6.07) is 4.20. The highest BCUT2D eigenvalue weighted by Crippen LogP contribution is 2.24. The van der Waals surface area contributed by atoms with Crippen molar-refractivity contribution in [3.63, 3.8) is 0 Å². The molecule has 1 N–H and O–H groups in total. The molecule has 2 heterocycles. The molecule has 2 rings (SSSR count). The molecular formula is C15H19BrClN3S. The summed E-state index contributed by atoms with van der Waals surface area (Å²) in [4.78, 5) is 6.56. The fraction of sp³-hybridized carbons (Fsp3) is 0.400. The van der Waals surface area contributed by atoms with Gasteiger partial charge in [-0.15, -0.1) is 11.3 Å². The van der Waals surface area contributed by atoms with Crippen LogP contribution in [0.4, 0.5) is 5.82 Å². The second-order valence-corrected chi connectivity index (χ2v) is 7.62. The number of pyridine rings is 1. The number of hydrogen-bond donors (Lipinski definition) is 1. The van der Waals surface area contributed by atoms with Gasteiger partial charge in [0.25, 0.3) is 0 Å². The molecule has 0 bridgehead atoms. The maximum Gasteiger partial charge on any atom is 0.128 e. The summed E-state index contributed by atoms with van der Waals surface area (Å²) in [5.74, 6) is 0.940. The molecule has 0 aromatic carbocycles. The van der Waals surface area contributed by atoms with Gasteiger partial charge in [-0.3, -0.25) is 0 Å². The maximum absolute atomic E-state index is 6.22. The second-order valence-electron chi connectivity index (χ2n) is 4.93. The fourth-order valence-electron chi connectivity index (χ4n) is 2.00. The molecular weight excluding hydrogens is 370 g/mol. The maximum atomic E-state index is 6.22. The van der Waals surface area contributed by atoms with Gasteiger partial charge in [0.05, 0.1) is 8.81 Å². The number of hydrogen-bond acceptors (Lipinski definition) is 4. The van der Waals surface area contributed by atoms with Gasteiger partial charge >= 0.3 is 0 Å². The van der Waals surface area contributed by atoms with Crippen molar-refractivity contribution in [2.45, 2.75) is 26.4 Å². The van der Waals surface area contributed by atoms with Crippen LogP contribution >= 0.6 is 38.9 Å². The molecule has 2 aromatic rings. The molecule has 114 valence electrons. The minimum absolute atomic E-state index is 0.717. The minimum Gasteiger partial charge on any atom is -0.355 e. The first-order valence-electron chi connectivity index (χ1n) is 6.89. The molecule has 21 heavy (non-hydrogen) atoms. The number of halogens is 2. The molecule has 0 amide bonds. The van der Waals surface area contributed by atoms with Crippen LogP contribution in [0.5, 0.6) is 0 Å². The first-order chi connectivity index (χ1) is 10.1. The Morgan fingerprint density at radius 1 is 1.43 bits per heavy atom. The summed E-state index contributed by atoms with van der Waals surface area (Å²) in [6.07, 6.45) is 2.85. The molecule has 0 radical (unpaired) electrons. The molecule has 0 spiro atoms. The van der Waals surface area contributed by atoms with E-state index in [2.05, 4.69) is 55.6 Å². The van der Waals surface area contributed by atoms with Crippen molar-refractivity contribution in [1.82, 2.24) is 10.3 Å². The number of rotatable bonds is 7. The molecule has 0 unspecified atom stereocenters. The summed E-state index contributed by atoms with van der Waals surface area (Å²) < 4.78 is 1.15. The van der Waals surface area contributed by atoms with Gasteiger partial charge in [0.15, 0.2) is 0 Å². The molecule has 0 atom stereocenters. The molecule has 0 saturated heterocycles. The first kappa shape index (κ1) is 16.7. The van der Waals surface area contributed by atoms with Gasteiger partial charge in [0.2, 0.25) is 0 Å². The number of thiophene rings is 1. The lowest BCUT2D eigenvalue weighted by atomic mass is 10.2. The van der Waals surface area contributed by atoms with Crippen molar-refractivity contribution in [1.29, 1.82) is 0 Å². The van der Waals surface area contributed by atoms with Crippen molar-refractivity contribution in [3.8, 4) is 0 Å². The lowest BCUT2D eigenvalue weighted by molar-refractivity contribution is 0.674. The summed E-state index contributed by atoms with van der Waals surface area (Å²) in [5, 5.41) is 6.25. The van der Waals surface area contributed by atoms with E-state index >= 15 is 0 Å². The zero-order chi connectivity index (χ0) is 15.2. The van der Waals surface area contributed by atoms with Crippen molar-refractivity contribution < 1.29 is 0 Å². The van der Waals surface area contributed by atoms with Gasteiger partial charge in [-0.25, -0.2) is 4.98 Å². The smallest absolute Gasteiger partial charge is 0.128 e. The molecule has 0 fully saturated rings. The number of anilines is 1. The number of nitrogens with one attached hydrogen (secondary N) is 1. The molecule has 2 aromatic heterocycles. The zero-order valence-corrected chi connectivity index (χ0v) is 15.4. The highest BCUT2D eigenvalue weighted by atomic mass is 79.9. The van der Waals surface area contributed by atoms with E-state index in [0.29, 0.717) is 5.02 Å². The van der Waals surface area contributed by atoms with Crippen LogP contribution in [0.2, 0.25) is 5.02 Å². The van der Waals surface area contributed by atoms with Crippen molar-refractivity contribution >= 4 is 44.7 Å².